The molecule has 0 atom stereocenters. The summed E-state index contributed by atoms with van der Waals surface area (Å²) in [6.45, 7) is 0. The zero-order chi connectivity index (χ0) is 51.4. The highest BCUT2D eigenvalue weighted by molar-refractivity contribution is 6.17. The van der Waals surface area contributed by atoms with Crippen molar-refractivity contribution in [2.24, 2.45) is 0 Å². The second kappa shape index (κ2) is 17.1. The van der Waals surface area contributed by atoms with Gasteiger partial charge in [0.2, 0.25) is 0 Å². The van der Waals surface area contributed by atoms with Crippen LogP contribution in [-0.2, 0) is 0 Å². The summed E-state index contributed by atoms with van der Waals surface area (Å²) in [5, 5.41) is 21.5. The Hall–Kier alpha value is -10.9. The molecule has 0 saturated carbocycles. The van der Waals surface area contributed by atoms with Gasteiger partial charge in [-0.25, -0.2) is 15.0 Å². The number of para-hydroxylation sites is 8. The Morgan fingerprint density at radius 3 is 0.795 bits per heavy atom. The van der Waals surface area contributed by atoms with Gasteiger partial charge in [0.1, 0.15) is 11.6 Å². The van der Waals surface area contributed by atoms with Crippen LogP contribution in [0.5, 0.6) is 0 Å². The normalized spacial score (nSPS) is 11.8. The summed E-state index contributed by atoms with van der Waals surface area (Å²) in [6, 6.07) is 92.1. The molecule has 362 valence electrons. The molecule has 78 heavy (non-hydrogen) atoms. The number of fused-ring (bicyclic) bond motifs is 12. The van der Waals surface area contributed by atoms with E-state index in [9.17, 15) is 5.26 Å². The van der Waals surface area contributed by atoms with Crippen molar-refractivity contribution in [3.05, 3.63) is 260 Å². The summed E-state index contributed by atoms with van der Waals surface area (Å²) in [7, 11) is 0. The Balaban J connectivity index is 1.27. The van der Waals surface area contributed by atoms with Gasteiger partial charge in [0.15, 0.2) is 17.5 Å². The monoisotopic (exact) mass is 994 g/mol. The van der Waals surface area contributed by atoms with Gasteiger partial charge in [0.25, 0.3) is 0 Å². The number of nitriles is 1. The minimum absolute atomic E-state index is 0.406. The number of hydrogen-bond acceptors (Lipinski definition) is 4. The molecule has 0 saturated heterocycles. The van der Waals surface area contributed by atoms with E-state index in [0.717, 1.165) is 110 Å². The number of aromatic nitrogens is 7. The molecule has 8 heteroatoms. The molecule has 5 aromatic heterocycles. The Labute approximate surface area is 446 Å². The molecule has 8 nitrogen and oxygen atoms in total. The molecular weight excluding hydrogens is 953 g/mol. The van der Waals surface area contributed by atoms with Crippen LogP contribution in [0.25, 0.3) is 144 Å². The van der Waals surface area contributed by atoms with Crippen LogP contribution in [0, 0.1) is 11.3 Å². The second-order valence-electron chi connectivity index (χ2n) is 19.8. The fraction of sp³-hybridized carbons (Fsp3) is 0. The fourth-order valence-corrected chi connectivity index (χ4v) is 12.5. The molecule has 0 aliphatic carbocycles. The second-order valence-corrected chi connectivity index (χ2v) is 19.8. The van der Waals surface area contributed by atoms with Crippen LogP contribution >= 0.6 is 0 Å². The minimum Gasteiger partial charge on any atom is -0.307 e. The van der Waals surface area contributed by atoms with Crippen LogP contribution in [0.2, 0.25) is 0 Å². The molecule has 5 heterocycles. The van der Waals surface area contributed by atoms with Crippen molar-refractivity contribution >= 4 is 87.2 Å². The molecule has 0 fully saturated rings. The molecular formula is C70H42N8. The van der Waals surface area contributed by atoms with Crippen LogP contribution in [0.15, 0.2) is 255 Å². The molecule has 11 aromatic carbocycles. The lowest BCUT2D eigenvalue weighted by Gasteiger charge is -2.29. The number of rotatable bonds is 7. The van der Waals surface area contributed by atoms with E-state index in [1.54, 1.807) is 0 Å². The fourth-order valence-electron chi connectivity index (χ4n) is 12.5. The van der Waals surface area contributed by atoms with Gasteiger partial charge in [-0.3, -0.25) is 0 Å². The molecule has 0 aliphatic rings. The Morgan fingerprint density at radius 2 is 0.487 bits per heavy atom. The molecule has 16 aromatic rings. The van der Waals surface area contributed by atoms with Gasteiger partial charge in [0.05, 0.1) is 72.4 Å². The summed E-state index contributed by atoms with van der Waals surface area (Å²) in [5.41, 5.74) is 13.4. The first kappa shape index (κ1) is 43.5. The quantitative estimate of drug-likeness (QED) is 0.159. The van der Waals surface area contributed by atoms with Gasteiger partial charge in [-0.1, -0.05) is 206 Å². The average Bonchev–Trinajstić information content (AvgIpc) is 4.34. The molecule has 16 rings (SSSR count). The Kier molecular flexibility index (Phi) is 9.53. The maximum absolute atomic E-state index is 12.9. The van der Waals surface area contributed by atoms with E-state index in [4.69, 9.17) is 15.0 Å². The van der Waals surface area contributed by atoms with Crippen molar-refractivity contribution in [1.82, 2.24) is 33.2 Å². The van der Waals surface area contributed by atoms with E-state index in [1.165, 1.54) is 0 Å². The van der Waals surface area contributed by atoms with E-state index in [-0.39, 0.29) is 0 Å². The van der Waals surface area contributed by atoms with Crippen molar-refractivity contribution in [3.8, 4) is 63.0 Å². The predicted octanol–water partition coefficient (Wildman–Crippen LogP) is 17.1. The van der Waals surface area contributed by atoms with E-state index in [0.29, 0.717) is 40.0 Å². The van der Waals surface area contributed by atoms with Gasteiger partial charge in [-0.15, -0.1) is 0 Å². The van der Waals surface area contributed by atoms with Crippen LogP contribution in [0.1, 0.15) is 5.56 Å². The zero-order valence-electron chi connectivity index (χ0n) is 41.8. The van der Waals surface area contributed by atoms with Crippen LogP contribution in [0.4, 0.5) is 0 Å². The van der Waals surface area contributed by atoms with Gasteiger partial charge in [-0.05, 0) is 48.5 Å². The highest BCUT2D eigenvalue weighted by atomic mass is 15.1. The number of hydrogen-bond donors (Lipinski definition) is 0. The number of benzene rings is 11. The van der Waals surface area contributed by atoms with Gasteiger partial charge >= 0.3 is 0 Å². The maximum Gasteiger partial charge on any atom is 0.168 e. The lowest BCUT2D eigenvalue weighted by molar-refractivity contribution is 1.01. The van der Waals surface area contributed by atoms with Crippen LogP contribution < -0.4 is 0 Å². The first-order valence-corrected chi connectivity index (χ1v) is 26.2. The van der Waals surface area contributed by atoms with E-state index >= 15 is 0 Å². The molecule has 0 spiro atoms. The first-order valence-electron chi connectivity index (χ1n) is 26.2. The summed E-state index contributed by atoms with van der Waals surface area (Å²) in [6.07, 6.45) is 0. The Morgan fingerprint density at radius 1 is 0.244 bits per heavy atom. The van der Waals surface area contributed by atoms with Gasteiger partial charge < -0.3 is 18.3 Å². The third-order valence-corrected chi connectivity index (χ3v) is 15.6. The van der Waals surface area contributed by atoms with E-state index in [2.05, 4.69) is 218 Å². The molecule has 0 radical (unpaired) electrons. The zero-order valence-corrected chi connectivity index (χ0v) is 41.8. The largest absolute Gasteiger partial charge is 0.307 e. The first-order chi connectivity index (χ1) is 38.7. The topological polar surface area (TPSA) is 82.2 Å². The third kappa shape index (κ3) is 6.24. The molecule has 0 amide bonds. The van der Waals surface area contributed by atoms with Crippen LogP contribution in [0.3, 0.4) is 0 Å². The highest BCUT2D eigenvalue weighted by Gasteiger charge is 2.36. The third-order valence-electron chi connectivity index (χ3n) is 15.6. The summed E-state index contributed by atoms with van der Waals surface area (Å²) in [4.78, 5) is 16.7. The average molecular weight is 995 g/mol. The SMILES string of the molecule is N#Cc1c(-n2c3ccccc3c3ccccc32)c(-c2nc(-c3ccccc3)nc(-c3ccccc3)n2)c(-n2c3ccccc3c3ccccc32)c(-n2c3ccccc3c3ccccc32)c1-n1c2ccccc2c2ccccc21. The summed E-state index contributed by atoms with van der Waals surface area (Å²) < 4.78 is 9.47. The predicted molar refractivity (Wildman–Crippen MR) is 318 cm³/mol. The molecule has 0 N–H and O–H groups in total. The van der Waals surface area contributed by atoms with E-state index < -0.39 is 0 Å². The molecule has 0 unspecified atom stereocenters. The lowest BCUT2D eigenvalue weighted by Crippen LogP contribution is -2.17. The number of nitrogens with zero attached hydrogens (tertiary/aromatic N) is 8. The molecule has 0 aliphatic heterocycles. The van der Waals surface area contributed by atoms with Crippen molar-refractivity contribution in [2.75, 3.05) is 0 Å². The minimum atomic E-state index is 0.406. The smallest absolute Gasteiger partial charge is 0.168 e. The van der Waals surface area contributed by atoms with Crippen LogP contribution in [-0.4, -0.2) is 33.2 Å². The standard InChI is InChI=1S/C70H42N8/c71-43-54-64(75-55-35-15-7-27-46(55)47-28-8-16-36-56(47)75)63(70-73-68(44-23-3-1-4-24-44)72-69(74-70)45-25-5-2-6-26-45)66(77-59-39-19-11-31-50(59)51-32-12-20-40-60(51)77)67(78-61-41-21-13-33-52(61)53-34-14-22-42-62(53)78)65(54)76-57-37-17-9-29-48(57)49-30-10-18-38-58(49)76/h1-42H. The van der Waals surface area contributed by atoms with Gasteiger partial charge in [0, 0.05) is 54.2 Å². The van der Waals surface area contributed by atoms with Crippen molar-refractivity contribution in [1.29, 1.82) is 5.26 Å². The van der Waals surface area contributed by atoms with Crippen molar-refractivity contribution < 1.29 is 0 Å². The van der Waals surface area contributed by atoms with Crippen molar-refractivity contribution in [3.63, 3.8) is 0 Å². The molecule has 0 bridgehead atoms. The van der Waals surface area contributed by atoms with Gasteiger partial charge in [-0.2, -0.15) is 5.26 Å². The van der Waals surface area contributed by atoms with E-state index in [1.807, 2.05) is 60.7 Å². The summed E-state index contributed by atoms with van der Waals surface area (Å²) in [5.74, 6) is 1.41. The van der Waals surface area contributed by atoms with Crippen molar-refractivity contribution in [2.45, 2.75) is 0 Å². The highest BCUT2D eigenvalue weighted by Crippen LogP contribution is 2.51. The summed E-state index contributed by atoms with van der Waals surface area (Å²) >= 11 is 0. The lowest BCUT2D eigenvalue weighted by atomic mass is 9.97. The Bertz CT molecular complexity index is 4900. The maximum atomic E-state index is 12.9.